The Morgan fingerprint density at radius 3 is 2.52 bits per heavy atom. The lowest BCUT2D eigenvalue weighted by atomic mass is 10.1. The number of hydrogen-bond donors (Lipinski definition) is 0. The molecule has 1 aliphatic heterocycles. The highest BCUT2D eigenvalue weighted by Crippen LogP contribution is 2.41. The predicted molar refractivity (Wildman–Crippen MR) is 146 cm³/mol. The topological polar surface area (TPSA) is 38.8 Å². The molecule has 0 bridgehead atoms. The molecular weight excluding hydrogens is 586 g/mol. The first kappa shape index (κ1) is 24.0. The van der Waals surface area contributed by atoms with Crippen LogP contribution in [0.15, 0.2) is 74.5 Å². The summed E-state index contributed by atoms with van der Waals surface area (Å²) < 4.78 is 13.9. The highest BCUT2D eigenvalue weighted by molar-refractivity contribution is 9.10. The van der Waals surface area contributed by atoms with Crippen molar-refractivity contribution in [3.63, 3.8) is 0 Å². The SMILES string of the molecule is COc1cc(/C=C2/SC(=S)N(c3ccccc3C)C2=O)cc(Br)c1OCc1ccc(Br)cc1. The maximum absolute atomic E-state index is 13.1. The van der Waals surface area contributed by atoms with Gasteiger partial charge in [-0.05, 0) is 76.0 Å². The summed E-state index contributed by atoms with van der Waals surface area (Å²) >= 11 is 13.8. The van der Waals surface area contributed by atoms with E-state index in [2.05, 4.69) is 31.9 Å². The molecule has 1 aliphatic rings. The Bertz CT molecular complexity index is 1260. The third kappa shape index (κ3) is 5.35. The molecule has 1 amide bonds. The van der Waals surface area contributed by atoms with Gasteiger partial charge in [-0.2, -0.15) is 0 Å². The average Bonchev–Trinajstić information content (AvgIpc) is 3.07. The van der Waals surface area contributed by atoms with Crippen molar-refractivity contribution in [1.82, 2.24) is 0 Å². The standard InChI is InChI=1S/C25H19Br2NO3S2/c1-15-5-3-4-6-20(15)28-24(29)22(33-25(28)32)13-17-11-19(27)23(21(12-17)30-2)31-14-16-7-9-18(26)10-8-16/h3-13H,14H2,1-2H3/b22-13+. The zero-order chi connectivity index (χ0) is 23.5. The number of anilines is 1. The number of thioether (sulfide) groups is 1. The highest BCUT2D eigenvalue weighted by Gasteiger charge is 2.34. The number of nitrogens with zero attached hydrogens (tertiary/aromatic N) is 1. The summed E-state index contributed by atoms with van der Waals surface area (Å²) in [6, 6.07) is 19.4. The fourth-order valence-electron chi connectivity index (χ4n) is 3.34. The molecule has 0 saturated carbocycles. The molecule has 3 aromatic rings. The molecule has 0 spiro atoms. The minimum atomic E-state index is -0.134. The van der Waals surface area contributed by atoms with Gasteiger partial charge in [0.1, 0.15) is 6.61 Å². The lowest BCUT2D eigenvalue weighted by molar-refractivity contribution is -0.113. The molecule has 8 heteroatoms. The predicted octanol–water partition coefficient (Wildman–Crippen LogP) is 7.51. The molecule has 0 radical (unpaired) electrons. The van der Waals surface area contributed by atoms with Gasteiger partial charge in [-0.25, -0.2) is 0 Å². The fourth-order valence-corrected chi connectivity index (χ4v) is 5.46. The molecule has 33 heavy (non-hydrogen) atoms. The number of methoxy groups -OCH3 is 1. The number of halogens is 2. The van der Waals surface area contributed by atoms with Gasteiger partial charge >= 0.3 is 0 Å². The van der Waals surface area contributed by atoms with Crippen molar-refractivity contribution in [2.24, 2.45) is 0 Å². The van der Waals surface area contributed by atoms with E-state index in [0.29, 0.717) is 27.3 Å². The summed E-state index contributed by atoms with van der Waals surface area (Å²) in [7, 11) is 1.59. The van der Waals surface area contributed by atoms with Crippen LogP contribution in [0, 0.1) is 6.92 Å². The molecule has 1 heterocycles. The van der Waals surface area contributed by atoms with Gasteiger partial charge in [0.25, 0.3) is 5.91 Å². The maximum Gasteiger partial charge on any atom is 0.270 e. The normalized spacial score (nSPS) is 14.8. The molecule has 0 aromatic heterocycles. The Kier molecular flexibility index (Phi) is 7.58. The van der Waals surface area contributed by atoms with Crippen LogP contribution in [0.25, 0.3) is 6.08 Å². The molecule has 1 fully saturated rings. The molecule has 3 aromatic carbocycles. The number of benzene rings is 3. The third-order valence-corrected chi connectivity index (χ3v) is 7.42. The number of carbonyl (C=O) groups excluding carboxylic acids is 1. The summed E-state index contributed by atoms with van der Waals surface area (Å²) in [5, 5.41) is 0. The second-order valence-electron chi connectivity index (χ2n) is 7.25. The summed E-state index contributed by atoms with van der Waals surface area (Å²) in [6.07, 6.45) is 1.82. The van der Waals surface area contributed by atoms with E-state index in [4.69, 9.17) is 21.7 Å². The van der Waals surface area contributed by atoms with Crippen LogP contribution < -0.4 is 14.4 Å². The van der Waals surface area contributed by atoms with Crippen LogP contribution in [0.3, 0.4) is 0 Å². The van der Waals surface area contributed by atoms with Crippen LogP contribution in [0.2, 0.25) is 0 Å². The van der Waals surface area contributed by atoms with E-state index < -0.39 is 0 Å². The van der Waals surface area contributed by atoms with Gasteiger partial charge < -0.3 is 9.47 Å². The largest absolute Gasteiger partial charge is 0.493 e. The summed E-state index contributed by atoms with van der Waals surface area (Å²) in [5.41, 5.74) is 3.64. The molecule has 168 valence electrons. The third-order valence-electron chi connectivity index (χ3n) is 5.00. The lowest BCUT2D eigenvalue weighted by Crippen LogP contribution is -2.28. The zero-order valence-electron chi connectivity index (χ0n) is 17.8. The van der Waals surface area contributed by atoms with Crippen LogP contribution in [-0.4, -0.2) is 17.3 Å². The highest BCUT2D eigenvalue weighted by atomic mass is 79.9. The van der Waals surface area contributed by atoms with E-state index in [1.807, 2.05) is 73.7 Å². The van der Waals surface area contributed by atoms with Crippen molar-refractivity contribution in [3.05, 3.63) is 91.2 Å². The minimum absolute atomic E-state index is 0.134. The lowest BCUT2D eigenvalue weighted by Gasteiger charge is -2.16. The number of para-hydroxylation sites is 1. The smallest absolute Gasteiger partial charge is 0.270 e. The summed E-state index contributed by atoms with van der Waals surface area (Å²) in [4.78, 5) is 15.3. The van der Waals surface area contributed by atoms with Gasteiger partial charge in [0, 0.05) is 4.47 Å². The molecule has 4 nitrogen and oxygen atoms in total. The van der Waals surface area contributed by atoms with Gasteiger partial charge in [0.15, 0.2) is 15.8 Å². The van der Waals surface area contributed by atoms with Crippen molar-refractivity contribution in [2.75, 3.05) is 12.0 Å². The van der Waals surface area contributed by atoms with Gasteiger partial charge in [-0.1, -0.05) is 70.2 Å². The van der Waals surface area contributed by atoms with Crippen LogP contribution in [0.4, 0.5) is 5.69 Å². The average molecular weight is 605 g/mol. The maximum atomic E-state index is 13.1. The summed E-state index contributed by atoms with van der Waals surface area (Å²) in [6.45, 7) is 2.36. The molecule has 0 atom stereocenters. The minimum Gasteiger partial charge on any atom is -0.493 e. The number of ether oxygens (including phenoxy) is 2. The van der Waals surface area contributed by atoms with E-state index in [9.17, 15) is 4.79 Å². The number of thiocarbonyl (C=S) groups is 1. The van der Waals surface area contributed by atoms with E-state index in [-0.39, 0.29) is 5.91 Å². The molecule has 4 rings (SSSR count). The van der Waals surface area contributed by atoms with Crippen molar-refractivity contribution in [1.29, 1.82) is 0 Å². The van der Waals surface area contributed by atoms with Gasteiger partial charge in [0.2, 0.25) is 0 Å². The molecule has 0 aliphatic carbocycles. The van der Waals surface area contributed by atoms with Gasteiger partial charge in [0.05, 0.1) is 22.2 Å². The number of hydrogen-bond acceptors (Lipinski definition) is 5. The van der Waals surface area contributed by atoms with Crippen molar-refractivity contribution in [2.45, 2.75) is 13.5 Å². The monoisotopic (exact) mass is 603 g/mol. The van der Waals surface area contributed by atoms with Crippen molar-refractivity contribution in [3.8, 4) is 11.5 Å². The second-order valence-corrected chi connectivity index (χ2v) is 10.7. The summed E-state index contributed by atoms with van der Waals surface area (Å²) in [5.74, 6) is 1.04. The second kappa shape index (κ2) is 10.4. The number of aryl methyl sites for hydroxylation is 1. The van der Waals surface area contributed by atoms with Crippen LogP contribution >= 0.6 is 55.8 Å². The zero-order valence-corrected chi connectivity index (χ0v) is 22.6. The quantitative estimate of drug-likeness (QED) is 0.215. The van der Waals surface area contributed by atoms with Crippen LogP contribution in [-0.2, 0) is 11.4 Å². The molecule has 1 saturated heterocycles. The number of carbonyl (C=O) groups is 1. The Labute approximate surface area is 219 Å². The molecular formula is C25H19Br2NO3S2. The van der Waals surface area contributed by atoms with Crippen molar-refractivity contribution < 1.29 is 14.3 Å². The Morgan fingerprint density at radius 2 is 1.82 bits per heavy atom. The Balaban J connectivity index is 1.59. The van der Waals surface area contributed by atoms with E-state index in [1.165, 1.54) is 11.8 Å². The Hall–Kier alpha value is -2.13. The molecule has 0 unspecified atom stereocenters. The molecule has 0 N–H and O–H groups in total. The number of rotatable bonds is 6. The van der Waals surface area contributed by atoms with Crippen LogP contribution in [0.1, 0.15) is 16.7 Å². The van der Waals surface area contributed by atoms with E-state index in [1.54, 1.807) is 12.0 Å². The van der Waals surface area contributed by atoms with Gasteiger partial charge in [-0.15, -0.1) is 0 Å². The first-order chi connectivity index (χ1) is 15.9. The van der Waals surface area contributed by atoms with E-state index in [0.717, 1.165) is 31.3 Å². The van der Waals surface area contributed by atoms with E-state index >= 15 is 0 Å². The van der Waals surface area contributed by atoms with Crippen LogP contribution in [0.5, 0.6) is 11.5 Å². The first-order valence-electron chi connectivity index (χ1n) is 9.95. The Morgan fingerprint density at radius 1 is 1.09 bits per heavy atom. The van der Waals surface area contributed by atoms with Crippen molar-refractivity contribution >= 4 is 77.8 Å². The fraction of sp³-hybridized carbons (Fsp3) is 0.120. The first-order valence-corrected chi connectivity index (χ1v) is 12.8. The number of amides is 1. The van der Waals surface area contributed by atoms with Gasteiger partial charge in [-0.3, -0.25) is 9.69 Å².